The fourth-order valence-corrected chi connectivity index (χ4v) is 6.84. The number of aryl methyl sites for hydroxylation is 2. The highest BCUT2D eigenvalue weighted by Crippen LogP contribution is 2.30. The highest BCUT2D eigenvalue weighted by Gasteiger charge is 2.10. The number of nitrogens with zero attached hydrogens (tertiary/aromatic N) is 4. The summed E-state index contributed by atoms with van der Waals surface area (Å²) in [5.74, 6) is -1.08. The molecule has 0 saturated heterocycles. The van der Waals surface area contributed by atoms with Crippen molar-refractivity contribution < 1.29 is 19.8 Å². The molecule has 4 heterocycles. The van der Waals surface area contributed by atoms with Gasteiger partial charge in [-0.1, -0.05) is 87.4 Å². The van der Waals surface area contributed by atoms with Gasteiger partial charge < -0.3 is 21.7 Å². The van der Waals surface area contributed by atoms with Crippen LogP contribution in [0.2, 0.25) is 0 Å². The highest BCUT2D eigenvalue weighted by molar-refractivity contribution is 7.99. The lowest BCUT2D eigenvalue weighted by Gasteiger charge is -2.02. The van der Waals surface area contributed by atoms with Gasteiger partial charge in [0.25, 0.3) is 0 Å². The molecule has 0 atom stereocenters. The second-order valence-corrected chi connectivity index (χ2v) is 14.4. The van der Waals surface area contributed by atoms with Crippen LogP contribution in [0, 0.1) is 0 Å². The highest BCUT2D eigenvalue weighted by atomic mass is 32.2. The lowest BCUT2D eigenvalue weighted by Crippen LogP contribution is -2.03. The molecule has 0 bridgehead atoms. The lowest BCUT2D eigenvalue weighted by atomic mass is 10.1. The van der Waals surface area contributed by atoms with Crippen LogP contribution in [0.25, 0.3) is 35.3 Å². The number of nitrogens with two attached hydrogens (primary N) is 2. The van der Waals surface area contributed by atoms with Crippen molar-refractivity contribution in [2.75, 3.05) is 24.0 Å². The van der Waals surface area contributed by atoms with Crippen molar-refractivity contribution in [2.45, 2.75) is 68.6 Å². The van der Waals surface area contributed by atoms with Crippen molar-refractivity contribution in [3.8, 4) is 0 Å². The third-order valence-corrected chi connectivity index (χ3v) is 10.1. The van der Waals surface area contributed by atoms with Gasteiger partial charge in [-0.05, 0) is 84.7 Å². The SMILES string of the molecule is CCCCc1cccc(C=Cc2nccn3c(N)c(SC)cc23)c1.CCCCc1cccc(C=Cc2nccn3c(N)c(SC)cc23)c1.O=C(O)CC(=O)O. The zero-order valence-corrected chi connectivity index (χ0v) is 33.4. The Labute approximate surface area is 331 Å². The minimum absolute atomic E-state index is 0.774. The monoisotopic (exact) mass is 778 g/mol. The van der Waals surface area contributed by atoms with Crippen molar-refractivity contribution in [3.63, 3.8) is 0 Å². The molecule has 0 aliphatic heterocycles. The van der Waals surface area contributed by atoms with E-state index in [4.69, 9.17) is 21.7 Å². The van der Waals surface area contributed by atoms with E-state index < -0.39 is 18.4 Å². The Morgan fingerprint density at radius 1 is 0.673 bits per heavy atom. The molecule has 10 nitrogen and oxygen atoms in total. The number of fused-ring (bicyclic) bond motifs is 2. The molecular weight excluding hydrogens is 729 g/mol. The first-order chi connectivity index (χ1) is 26.6. The van der Waals surface area contributed by atoms with Gasteiger partial charge in [-0.3, -0.25) is 28.4 Å². The van der Waals surface area contributed by atoms with E-state index in [1.165, 1.54) is 47.9 Å². The summed E-state index contributed by atoms with van der Waals surface area (Å²) in [5.41, 5.74) is 21.5. The first kappa shape index (κ1) is 42.3. The summed E-state index contributed by atoms with van der Waals surface area (Å²) >= 11 is 3.31. The van der Waals surface area contributed by atoms with Crippen molar-refractivity contribution in [1.82, 2.24) is 18.8 Å². The number of benzene rings is 2. The predicted octanol–water partition coefficient (Wildman–Crippen LogP) is 9.85. The maximum absolute atomic E-state index is 9.43. The lowest BCUT2D eigenvalue weighted by molar-refractivity contribution is -0.147. The topological polar surface area (TPSA) is 161 Å². The van der Waals surface area contributed by atoms with E-state index in [-0.39, 0.29) is 0 Å². The van der Waals surface area contributed by atoms with Gasteiger partial charge >= 0.3 is 11.9 Å². The predicted molar refractivity (Wildman–Crippen MR) is 231 cm³/mol. The number of hydrogen-bond donors (Lipinski definition) is 4. The molecule has 0 fully saturated rings. The molecule has 12 heteroatoms. The summed E-state index contributed by atoms with van der Waals surface area (Å²) in [4.78, 5) is 30.0. The molecular formula is C43H50N6O4S2. The van der Waals surface area contributed by atoms with Crippen LogP contribution in [0.15, 0.2) is 95.2 Å². The molecule has 2 aromatic carbocycles. The van der Waals surface area contributed by atoms with Crippen LogP contribution in [0.1, 0.15) is 79.6 Å². The first-order valence-electron chi connectivity index (χ1n) is 18.1. The van der Waals surface area contributed by atoms with Gasteiger partial charge in [-0.15, -0.1) is 23.5 Å². The number of carboxylic acid groups (broad SMARTS) is 2. The Kier molecular flexibility index (Phi) is 16.5. The summed E-state index contributed by atoms with van der Waals surface area (Å²) < 4.78 is 3.99. The van der Waals surface area contributed by atoms with Gasteiger partial charge in [0.1, 0.15) is 18.1 Å². The molecule has 6 aromatic rings. The number of aromatic nitrogens is 4. The van der Waals surface area contributed by atoms with E-state index in [0.29, 0.717) is 0 Å². The van der Waals surface area contributed by atoms with Crippen LogP contribution in [0.4, 0.5) is 11.6 Å². The smallest absolute Gasteiger partial charge is 0.314 e. The van der Waals surface area contributed by atoms with E-state index in [9.17, 15) is 9.59 Å². The number of aliphatic carboxylic acids is 2. The van der Waals surface area contributed by atoms with Crippen LogP contribution >= 0.6 is 23.5 Å². The minimum Gasteiger partial charge on any atom is -0.481 e. The van der Waals surface area contributed by atoms with E-state index >= 15 is 0 Å². The number of hydrogen-bond acceptors (Lipinski definition) is 8. The minimum atomic E-state index is -1.31. The van der Waals surface area contributed by atoms with Crippen LogP contribution in [-0.2, 0) is 22.4 Å². The number of nitrogen functional groups attached to an aromatic ring is 2. The molecule has 55 heavy (non-hydrogen) atoms. The normalized spacial score (nSPS) is 11.1. The first-order valence-corrected chi connectivity index (χ1v) is 20.6. The average Bonchev–Trinajstić information content (AvgIpc) is 3.70. The number of unbranched alkanes of at least 4 members (excludes halogenated alkanes) is 2. The Hall–Kier alpha value is -5.46. The van der Waals surface area contributed by atoms with Gasteiger partial charge in [0.15, 0.2) is 0 Å². The number of thioether (sulfide) groups is 2. The quantitative estimate of drug-likeness (QED) is 0.0619. The van der Waals surface area contributed by atoms with Crippen molar-refractivity contribution in [1.29, 1.82) is 0 Å². The summed E-state index contributed by atoms with van der Waals surface area (Å²) in [5, 5.41) is 15.4. The maximum atomic E-state index is 9.43. The molecule has 0 radical (unpaired) electrons. The van der Waals surface area contributed by atoms with Crippen LogP contribution < -0.4 is 11.5 Å². The van der Waals surface area contributed by atoms with Gasteiger partial charge in [-0.2, -0.15) is 0 Å². The summed E-state index contributed by atoms with van der Waals surface area (Å²) in [6.45, 7) is 4.45. The fourth-order valence-electron chi connectivity index (χ4n) is 5.77. The number of anilines is 2. The third kappa shape index (κ3) is 12.3. The Balaban J connectivity index is 0.000000209. The van der Waals surface area contributed by atoms with Gasteiger partial charge in [0, 0.05) is 34.6 Å². The zero-order valence-electron chi connectivity index (χ0n) is 31.8. The van der Waals surface area contributed by atoms with E-state index in [1.54, 1.807) is 35.9 Å². The van der Waals surface area contributed by atoms with Gasteiger partial charge in [0.2, 0.25) is 0 Å². The zero-order chi connectivity index (χ0) is 39.7. The molecule has 0 spiro atoms. The van der Waals surface area contributed by atoms with Crippen molar-refractivity contribution in [2.24, 2.45) is 0 Å². The largest absolute Gasteiger partial charge is 0.481 e. The molecule has 6 N–H and O–H groups in total. The standard InChI is InChI=1S/2C20H23N3S.C3H4O4/c2*1-3-4-6-15-7-5-8-16(13-15)9-10-17-18-14-19(24-2)20(21)23(18)12-11-22-17;4-2(5)1-3(6)7/h2*5,7-14H,3-4,6,21H2,1-2H3;1H2,(H,4,5)(H,6,7). The van der Waals surface area contributed by atoms with E-state index in [0.717, 1.165) is 56.7 Å². The Morgan fingerprint density at radius 3 is 1.44 bits per heavy atom. The molecule has 0 aliphatic carbocycles. The summed E-state index contributed by atoms with van der Waals surface area (Å²) in [6.07, 6.45) is 26.2. The maximum Gasteiger partial charge on any atom is 0.314 e. The summed E-state index contributed by atoms with van der Waals surface area (Å²) in [6, 6.07) is 21.6. The second-order valence-electron chi connectivity index (χ2n) is 12.7. The molecule has 288 valence electrons. The average molecular weight is 779 g/mol. The molecule has 0 unspecified atom stereocenters. The molecule has 0 amide bonds. The molecule has 0 saturated carbocycles. The van der Waals surface area contributed by atoms with Crippen LogP contribution in [0.5, 0.6) is 0 Å². The number of rotatable bonds is 14. The van der Waals surface area contributed by atoms with E-state index in [1.807, 2.05) is 33.7 Å². The van der Waals surface area contributed by atoms with Crippen molar-refractivity contribution in [3.05, 3.63) is 119 Å². The third-order valence-electron chi connectivity index (χ3n) is 8.61. The van der Waals surface area contributed by atoms with Crippen molar-refractivity contribution >= 4 is 82.4 Å². The van der Waals surface area contributed by atoms with Gasteiger partial charge in [-0.25, -0.2) is 0 Å². The molecule has 0 aliphatic rings. The Bertz CT molecular complexity index is 2100. The number of carboxylic acids is 2. The molecule has 4 aromatic heterocycles. The van der Waals surface area contributed by atoms with Gasteiger partial charge in [0.05, 0.1) is 22.4 Å². The molecule has 6 rings (SSSR count). The second kappa shape index (κ2) is 21.4. The van der Waals surface area contributed by atoms with E-state index in [2.05, 4.69) is 109 Å². The van der Waals surface area contributed by atoms with Crippen LogP contribution in [0.3, 0.4) is 0 Å². The summed E-state index contributed by atoms with van der Waals surface area (Å²) in [7, 11) is 0. The fraction of sp³-hybridized carbons (Fsp3) is 0.256. The number of carbonyl (C=O) groups is 2. The Morgan fingerprint density at radius 2 is 1.09 bits per heavy atom. The van der Waals surface area contributed by atoms with Crippen LogP contribution in [-0.4, -0.2) is 53.4 Å².